The molecule has 3 aromatic rings. The molecule has 0 spiro atoms. The molecule has 25 heavy (non-hydrogen) atoms. The highest BCUT2D eigenvalue weighted by molar-refractivity contribution is 5.91. The quantitative estimate of drug-likeness (QED) is 0.687. The second-order valence-corrected chi connectivity index (χ2v) is 6.05. The number of nitrogens with zero attached hydrogens (tertiary/aromatic N) is 6. The molecule has 0 amide bonds. The highest BCUT2D eigenvalue weighted by Crippen LogP contribution is 2.28. The average Bonchev–Trinajstić information content (AvgIpc) is 2.69. The van der Waals surface area contributed by atoms with Crippen molar-refractivity contribution in [1.29, 1.82) is 5.26 Å². The normalized spacial score (nSPS) is 15.2. The smallest absolute Gasteiger partial charge is 0.162 e. The second kappa shape index (κ2) is 6.83. The van der Waals surface area contributed by atoms with Crippen molar-refractivity contribution in [2.24, 2.45) is 0 Å². The number of pyridine rings is 1. The van der Waals surface area contributed by atoms with E-state index >= 15 is 0 Å². The van der Waals surface area contributed by atoms with Crippen LogP contribution in [0.25, 0.3) is 22.3 Å². The van der Waals surface area contributed by atoms with E-state index in [2.05, 4.69) is 26.9 Å². The van der Waals surface area contributed by atoms with Gasteiger partial charge in [-0.1, -0.05) is 12.1 Å². The maximum absolute atomic E-state index is 8.87. The number of fused-ring (bicyclic) bond motifs is 1. The number of piperazine rings is 1. The number of hydrogen-bond acceptors (Lipinski definition) is 6. The SMILES string of the molecule is N#CCN1CCN(c2nc(-c3ccncc3)nc3ccccc23)CC1. The molecule has 0 radical (unpaired) electrons. The van der Waals surface area contributed by atoms with Gasteiger partial charge in [0.05, 0.1) is 18.1 Å². The van der Waals surface area contributed by atoms with Crippen LogP contribution in [0.2, 0.25) is 0 Å². The molecule has 3 heterocycles. The zero-order valence-electron chi connectivity index (χ0n) is 13.8. The van der Waals surface area contributed by atoms with Crippen molar-refractivity contribution in [3.63, 3.8) is 0 Å². The summed E-state index contributed by atoms with van der Waals surface area (Å²) in [5.74, 6) is 1.68. The number of aromatic nitrogens is 3. The topological polar surface area (TPSA) is 68.9 Å². The first-order valence-electron chi connectivity index (χ1n) is 8.36. The molecule has 0 unspecified atom stereocenters. The Kier molecular flexibility index (Phi) is 4.23. The summed E-state index contributed by atoms with van der Waals surface area (Å²) in [7, 11) is 0. The summed E-state index contributed by atoms with van der Waals surface area (Å²) in [6, 6.07) is 14.2. The molecule has 1 aliphatic rings. The van der Waals surface area contributed by atoms with Crippen LogP contribution in [0.4, 0.5) is 5.82 Å². The fourth-order valence-corrected chi connectivity index (χ4v) is 3.15. The van der Waals surface area contributed by atoms with Crippen LogP contribution in [0, 0.1) is 11.3 Å². The third-order valence-electron chi connectivity index (χ3n) is 4.49. The molecule has 1 saturated heterocycles. The van der Waals surface area contributed by atoms with E-state index in [-0.39, 0.29) is 0 Å². The van der Waals surface area contributed by atoms with Crippen LogP contribution >= 0.6 is 0 Å². The summed E-state index contributed by atoms with van der Waals surface area (Å²) in [5.41, 5.74) is 1.91. The first-order valence-corrected chi connectivity index (χ1v) is 8.36. The summed E-state index contributed by atoms with van der Waals surface area (Å²) in [6.45, 7) is 3.95. The van der Waals surface area contributed by atoms with Crippen molar-refractivity contribution in [1.82, 2.24) is 19.9 Å². The Bertz CT molecular complexity index is 910. The largest absolute Gasteiger partial charge is 0.353 e. The van der Waals surface area contributed by atoms with Gasteiger partial charge in [0.1, 0.15) is 5.82 Å². The van der Waals surface area contributed by atoms with Gasteiger partial charge in [0.2, 0.25) is 0 Å². The molecule has 0 N–H and O–H groups in total. The molecule has 0 bridgehead atoms. The van der Waals surface area contributed by atoms with Crippen LogP contribution in [0.5, 0.6) is 0 Å². The molecule has 0 aliphatic carbocycles. The number of hydrogen-bond donors (Lipinski definition) is 0. The zero-order valence-corrected chi connectivity index (χ0v) is 13.8. The lowest BCUT2D eigenvalue weighted by Crippen LogP contribution is -2.46. The third-order valence-corrected chi connectivity index (χ3v) is 4.49. The van der Waals surface area contributed by atoms with E-state index in [4.69, 9.17) is 15.2 Å². The minimum Gasteiger partial charge on any atom is -0.353 e. The van der Waals surface area contributed by atoms with E-state index in [0.29, 0.717) is 6.54 Å². The minimum absolute atomic E-state index is 0.487. The molecule has 1 aliphatic heterocycles. The number of para-hydroxylation sites is 1. The van der Waals surface area contributed by atoms with E-state index in [0.717, 1.165) is 54.3 Å². The van der Waals surface area contributed by atoms with Gasteiger partial charge >= 0.3 is 0 Å². The fraction of sp³-hybridized carbons (Fsp3) is 0.263. The van der Waals surface area contributed by atoms with Crippen LogP contribution in [0.15, 0.2) is 48.8 Å². The van der Waals surface area contributed by atoms with Gasteiger partial charge in [-0.15, -0.1) is 0 Å². The van der Waals surface area contributed by atoms with E-state index in [1.54, 1.807) is 12.4 Å². The van der Waals surface area contributed by atoms with Gasteiger partial charge < -0.3 is 4.90 Å². The van der Waals surface area contributed by atoms with E-state index < -0.39 is 0 Å². The van der Waals surface area contributed by atoms with Gasteiger partial charge in [-0.05, 0) is 24.3 Å². The lowest BCUT2D eigenvalue weighted by atomic mass is 10.2. The monoisotopic (exact) mass is 330 g/mol. The molecule has 1 fully saturated rings. The third kappa shape index (κ3) is 3.14. The molecule has 4 rings (SSSR count). The van der Waals surface area contributed by atoms with E-state index in [1.165, 1.54) is 0 Å². The van der Waals surface area contributed by atoms with Gasteiger partial charge in [-0.2, -0.15) is 5.26 Å². The van der Waals surface area contributed by atoms with E-state index in [1.807, 2.05) is 30.3 Å². The Morgan fingerprint density at radius 2 is 1.72 bits per heavy atom. The first kappa shape index (κ1) is 15.5. The first-order chi connectivity index (χ1) is 12.3. The minimum atomic E-state index is 0.487. The number of nitriles is 1. The van der Waals surface area contributed by atoms with Crippen molar-refractivity contribution in [3.8, 4) is 17.5 Å². The molecule has 1 aromatic carbocycles. The van der Waals surface area contributed by atoms with Crippen molar-refractivity contribution < 1.29 is 0 Å². The Labute approximate surface area is 146 Å². The lowest BCUT2D eigenvalue weighted by molar-refractivity contribution is 0.286. The van der Waals surface area contributed by atoms with Crippen LogP contribution in [-0.4, -0.2) is 52.6 Å². The molecule has 0 saturated carbocycles. The Morgan fingerprint density at radius 3 is 2.48 bits per heavy atom. The summed E-state index contributed by atoms with van der Waals surface area (Å²) < 4.78 is 0. The van der Waals surface area contributed by atoms with Crippen LogP contribution in [0.1, 0.15) is 0 Å². The predicted molar refractivity (Wildman–Crippen MR) is 97.0 cm³/mol. The van der Waals surface area contributed by atoms with Crippen molar-refractivity contribution in [3.05, 3.63) is 48.8 Å². The maximum atomic E-state index is 8.87. The van der Waals surface area contributed by atoms with Gasteiger partial charge in [0.25, 0.3) is 0 Å². The van der Waals surface area contributed by atoms with Crippen LogP contribution < -0.4 is 4.90 Å². The highest BCUT2D eigenvalue weighted by atomic mass is 15.3. The van der Waals surface area contributed by atoms with Crippen molar-refractivity contribution in [2.45, 2.75) is 0 Å². The summed E-state index contributed by atoms with van der Waals surface area (Å²) in [6.07, 6.45) is 3.52. The van der Waals surface area contributed by atoms with E-state index in [9.17, 15) is 0 Å². The van der Waals surface area contributed by atoms with Crippen molar-refractivity contribution >= 4 is 16.7 Å². The number of benzene rings is 1. The molecule has 124 valence electrons. The fourth-order valence-electron chi connectivity index (χ4n) is 3.15. The highest BCUT2D eigenvalue weighted by Gasteiger charge is 2.20. The maximum Gasteiger partial charge on any atom is 0.162 e. The van der Waals surface area contributed by atoms with Crippen molar-refractivity contribution in [2.75, 3.05) is 37.6 Å². The lowest BCUT2D eigenvalue weighted by Gasteiger charge is -2.34. The molecular weight excluding hydrogens is 312 g/mol. The molecule has 0 atom stereocenters. The Balaban J connectivity index is 1.74. The predicted octanol–water partition coefficient (Wildman–Crippen LogP) is 2.34. The molecule has 2 aromatic heterocycles. The van der Waals surface area contributed by atoms with Gasteiger partial charge in [-0.25, -0.2) is 9.97 Å². The summed E-state index contributed by atoms with van der Waals surface area (Å²) >= 11 is 0. The Morgan fingerprint density at radius 1 is 0.960 bits per heavy atom. The molecule has 6 heteroatoms. The Hall–Kier alpha value is -3.04. The molecular formula is C19H18N6. The number of rotatable bonds is 3. The standard InChI is InChI=1S/C19H18N6/c20-7-10-24-11-13-25(14-12-24)19-16-3-1-2-4-17(16)22-18(23-19)15-5-8-21-9-6-15/h1-6,8-9H,10-14H2. The van der Waals surface area contributed by atoms with Gasteiger partial charge in [0.15, 0.2) is 5.82 Å². The number of anilines is 1. The van der Waals surface area contributed by atoms with Crippen LogP contribution in [0.3, 0.4) is 0 Å². The van der Waals surface area contributed by atoms with Crippen LogP contribution in [-0.2, 0) is 0 Å². The molecule has 6 nitrogen and oxygen atoms in total. The summed E-state index contributed by atoms with van der Waals surface area (Å²) in [4.78, 5) is 18.1. The van der Waals surface area contributed by atoms with Gasteiger partial charge in [-0.3, -0.25) is 9.88 Å². The zero-order chi connectivity index (χ0) is 17.1. The average molecular weight is 330 g/mol. The summed E-state index contributed by atoms with van der Waals surface area (Å²) in [5, 5.41) is 9.94. The van der Waals surface area contributed by atoms with Gasteiger partial charge in [0, 0.05) is 49.5 Å². The second-order valence-electron chi connectivity index (χ2n) is 6.05.